The van der Waals surface area contributed by atoms with Gasteiger partial charge in [-0.2, -0.15) is 5.26 Å². The summed E-state index contributed by atoms with van der Waals surface area (Å²) < 4.78 is 0. The number of para-hydroxylation sites is 1. The molecule has 0 spiro atoms. The molecule has 1 unspecified atom stereocenters. The summed E-state index contributed by atoms with van der Waals surface area (Å²) in [5, 5.41) is 23.6. The summed E-state index contributed by atoms with van der Waals surface area (Å²) in [6.07, 6.45) is 2.76. The summed E-state index contributed by atoms with van der Waals surface area (Å²) >= 11 is 0. The maximum absolute atomic E-state index is 12.0. The number of nitrogens with zero attached hydrogens (tertiary/aromatic N) is 1. The van der Waals surface area contributed by atoms with Crippen molar-refractivity contribution in [3.8, 4) is 6.07 Å². The molecule has 0 aliphatic carbocycles. The first-order valence-corrected chi connectivity index (χ1v) is 7.33. The molecule has 0 aliphatic rings. The minimum absolute atomic E-state index is 0.179. The van der Waals surface area contributed by atoms with E-state index < -0.39 is 17.9 Å². The number of anilines is 1. The molecule has 0 aliphatic heterocycles. The molecule has 6 heteroatoms. The SMILES string of the molecule is CCCCCNC(CC(=O)Nc1ccccc1C#N)C(=O)O. The van der Waals surface area contributed by atoms with Gasteiger partial charge in [-0.15, -0.1) is 0 Å². The second kappa shape index (κ2) is 9.53. The van der Waals surface area contributed by atoms with E-state index in [4.69, 9.17) is 10.4 Å². The van der Waals surface area contributed by atoms with Gasteiger partial charge in [-0.05, 0) is 25.1 Å². The minimum Gasteiger partial charge on any atom is -0.480 e. The molecule has 118 valence electrons. The topological polar surface area (TPSA) is 102 Å². The number of carboxylic acid groups (broad SMARTS) is 1. The number of aliphatic carboxylic acids is 1. The molecule has 0 fully saturated rings. The highest BCUT2D eigenvalue weighted by molar-refractivity contribution is 5.95. The fraction of sp³-hybridized carbons (Fsp3) is 0.438. The van der Waals surface area contributed by atoms with Gasteiger partial charge in [0.05, 0.1) is 17.7 Å². The maximum Gasteiger partial charge on any atom is 0.321 e. The van der Waals surface area contributed by atoms with Crippen LogP contribution in [0.4, 0.5) is 5.69 Å². The Morgan fingerprint density at radius 1 is 1.32 bits per heavy atom. The Bertz CT molecular complexity index is 552. The molecular weight excluding hydrogens is 282 g/mol. The van der Waals surface area contributed by atoms with Gasteiger partial charge in [0.2, 0.25) is 5.91 Å². The van der Waals surface area contributed by atoms with E-state index >= 15 is 0 Å². The molecule has 0 saturated heterocycles. The van der Waals surface area contributed by atoms with Gasteiger partial charge in [-0.1, -0.05) is 31.9 Å². The number of carbonyl (C=O) groups excluding carboxylic acids is 1. The number of carboxylic acids is 1. The maximum atomic E-state index is 12.0. The largest absolute Gasteiger partial charge is 0.480 e. The van der Waals surface area contributed by atoms with Crippen LogP contribution >= 0.6 is 0 Å². The summed E-state index contributed by atoms with van der Waals surface area (Å²) in [7, 11) is 0. The van der Waals surface area contributed by atoms with E-state index in [1.165, 1.54) is 0 Å². The van der Waals surface area contributed by atoms with Crippen molar-refractivity contribution in [3.05, 3.63) is 29.8 Å². The molecule has 1 atom stereocenters. The van der Waals surface area contributed by atoms with Crippen molar-refractivity contribution in [1.82, 2.24) is 5.32 Å². The molecule has 1 amide bonds. The lowest BCUT2D eigenvalue weighted by atomic mass is 10.1. The highest BCUT2D eigenvalue weighted by atomic mass is 16.4. The van der Waals surface area contributed by atoms with Crippen LogP contribution in [0.2, 0.25) is 0 Å². The molecule has 22 heavy (non-hydrogen) atoms. The Balaban J connectivity index is 2.56. The van der Waals surface area contributed by atoms with Crippen molar-refractivity contribution >= 4 is 17.6 Å². The van der Waals surface area contributed by atoms with Crippen molar-refractivity contribution in [1.29, 1.82) is 5.26 Å². The van der Waals surface area contributed by atoms with Gasteiger partial charge in [-0.25, -0.2) is 0 Å². The van der Waals surface area contributed by atoms with Crippen LogP contribution in [0.1, 0.15) is 38.2 Å². The van der Waals surface area contributed by atoms with Crippen molar-refractivity contribution in [3.63, 3.8) is 0 Å². The van der Waals surface area contributed by atoms with Crippen molar-refractivity contribution in [2.24, 2.45) is 0 Å². The highest BCUT2D eigenvalue weighted by Crippen LogP contribution is 2.14. The van der Waals surface area contributed by atoms with Gasteiger partial charge in [-0.3, -0.25) is 9.59 Å². The lowest BCUT2D eigenvalue weighted by Gasteiger charge is -2.14. The van der Waals surface area contributed by atoms with E-state index in [9.17, 15) is 9.59 Å². The van der Waals surface area contributed by atoms with E-state index in [1.807, 2.05) is 6.07 Å². The normalized spacial score (nSPS) is 11.5. The number of rotatable bonds is 9. The molecule has 0 radical (unpaired) electrons. The number of benzene rings is 1. The first kappa shape index (κ1) is 17.7. The van der Waals surface area contributed by atoms with Crippen LogP contribution in [0, 0.1) is 11.3 Å². The van der Waals surface area contributed by atoms with Crippen LogP contribution < -0.4 is 10.6 Å². The Kier molecular flexibility index (Phi) is 7.65. The number of nitrogens with one attached hydrogen (secondary N) is 2. The minimum atomic E-state index is -1.06. The van der Waals surface area contributed by atoms with Gasteiger partial charge >= 0.3 is 5.97 Å². The predicted molar refractivity (Wildman–Crippen MR) is 83.4 cm³/mol. The average molecular weight is 303 g/mol. The van der Waals surface area contributed by atoms with Gasteiger partial charge in [0, 0.05) is 0 Å². The van der Waals surface area contributed by atoms with E-state index in [0.717, 1.165) is 19.3 Å². The Hall–Kier alpha value is -2.39. The zero-order chi connectivity index (χ0) is 16.4. The summed E-state index contributed by atoms with van der Waals surface area (Å²) in [4.78, 5) is 23.1. The van der Waals surface area contributed by atoms with Gasteiger partial charge in [0.15, 0.2) is 0 Å². The van der Waals surface area contributed by atoms with Crippen LogP contribution in [0.5, 0.6) is 0 Å². The predicted octanol–water partition coefficient (Wildman–Crippen LogP) is 2.12. The summed E-state index contributed by atoms with van der Waals surface area (Å²) in [6, 6.07) is 7.66. The molecule has 0 bridgehead atoms. The molecule has 1 aromatic carbocycles. The number of nitriles is 1. The average Bonchev–Trinajstić information content (AvgIpc) is 2.50. The molecular formula is C16H21N3O3. The third-order valence-electron chi connectivity index (χ3n) is 3.18. The second-order valence-corrected chi connectivity index (χ2v) is 4.96. The molecule has 3 N–H and O–H groups in total. The third-order valence-corrected chi connectivity index (χ3v) is 3.18. The molecule has 0 saturated carbocycles. The fourth-order valence-electron chi connectivity index (χ4n) is 1.97. The first-order chi connectivity index (χ1) is 10.6. The summed E-state index contributed by atoms with van der Waals surface area (Å²) in [5.74, 6) is -1.49. The first-order valence-electron chi connectivity index (χ1n) is 7.33. The summed E-state index contributed by atoms with van der Waals surface area (Å²) in [5.41, 5.74) is 0.740. The van der Waals surface area contributed by atoms with Crippen LogP contribution in [0.15, 0.2) is 24.3 Å². The molecule has 1 rings (SSSR count). The van der Waals surface area contributed by atoms with Crippen molar-refractivity contribution < 1.29 is 14.7 Å². The number of amides is 1. The van der Waals surface area contributed by atoms with Gasteiger partial charge in [0.25, 0.3) is 0 Å². The van der Waals surface area contributed by atoms with E-state index in [2.05, 4.69) is 17.6 Å². The zero-order valence-corrected chi connectivity index (χ0v) is 12.6. The smallest absolute Gasteiger partial charge is 0.321 e. The van der Waals surface area contributed by atoms with Crippen LogP contribution in [0.3, 0.4) is 0 Å². The van der Waals surface area contributed by atoms with E-state index in [1.54, 1.807) is 24.3 Å². The third kappa shape index (κ3) is 5.94. The van der Waals surface area contributed by atoms with Gasteiger partial charge in [0.1, 0.15) is 12.1 Å². The van der Waals surface area contributed by atoms with Crippen LogP contribution in [-0.2, 0) is 9.59 Å². The van der Waals surface area contributed by atoms with Crippen LogP contribution in [-0.4, -0.2) is 29.6 Å². The number of unbranched alkanes of at least 4 members (excludes halogenated alkanes) is 2. The Morgan fingerprint density at radius 3 is 2.68 bits per heavy atom. The Labute approximate surface area is 130 Å². The second-order valence-electron chi connectivity index (χ2n) is 4.96. The summed E-state index contributed by atoms with van der Waals surface area (Å²) in [6.45, 7) is 2.63. The van der Waals surface area contributed by atoms with Crippen LogP contribution in [0.25, 0.3) is 0 Å². The molecule has 0 heterocycles. The van der Waals surface area contributed by atoms with Crippen molar-refractivity contribution in [2.75, 3.05) is 11.9 Å². The Morgan fingerprint density at radius 2 is 2.05 bits per heavy atom. The van der Waals surface area contributed by atoms with Gasteiger partial charge < -0.3 is 15.7 Å². The quantitative estimate of drug-likeness (QED) is 0.606. The monoisotopic (exact) mass is 303 g/mol. The number of carbonyl (C=O) groups is 2. The molecule has 6 nitrogen and oxygen atoms in total. The highest BCUT2D eigenvalue weighted by Gasteiger charge is 2.20. The standard InChI is InChI=1S/C16H21N3O3/c1-2-3-6-9-18-14(16(21)22)10-15(20)19-13-8-5-4-7-12(13)11-17/h4-5,7-8,14,18H,2-3,6,9-10H2,1H3,(H,19,20)(H,21,22). The number of hydrogen-bond donors (Lipinski definition) is 3. The van der Waals surface area contributed by atoms with Crippen molar-refractivity contribution in [2.45, 2.75) is 38.6 Å². The number of hydrogen-bond acceptors (Lipinski definition) is 4. The fourth-order valence-corrected chi connectivity index (χ4v) is 1.97. The molecule has 0 aromatic heterocycles. The lowest BCUT2D eigenvalue weighted by Crippen LogP contribution is -2.40. The lowest BCUT2D eigenvalue weighted by molar-refractivity contribution is -0.141. The van der Waals surface area contributed by atoms with E-state index in [-0.39, 0.29) is 6.42 Å². The van der Waals surface area contributed by atoms with E-state index in [0.29, 0.717) is 17.8 Å². The zero-order valence-electron chi connectivity index (χ0n) is 12.6. The molecule has 1 aromatic rings.